The maximum absolute atomic E-state index is 11.5. The number of carbonyl (C=O) groups excluding carboxylic acids is 2. The Labute approximate surface area is 94.6 Å². The summed E-state index contributed by atoms with van der Waals surface area (Å²) in [5.41, 5.74) is 0. The molecule has 4 aliphatic heterocycles. The molecule has 0 aliphatic carbocycles. The van der Waals surface area contributed by atoms with E-state index in [4.69, 9.17) is 0 Å². The zero-order chi connectivity index (χ0) is 11.1. The second kappa shape index (κ2) is 3.82. The summed E-state index contributed by atoms with van der Waals surface area (Å²) in [4.78, 5) is 25.0. The number of nitrogens with zero attached hydrogens (tertiary/aromatic N) is 1. The molecule has 4 fully saturated rings. The summed E-state index contributed by atoms with van der Waals surface area (Å²) >= 11 is 0. The quantitative estimate of drug-likeness (QED) is 0.595. The molecule has 5 heteroatoms. The summed E-state index contributed by atoms with van der Waals surface area (Å²) in [6.45, 7) is 3.42. The van der Waals surface area contributed by atoms with E-state index in [1.165, 1.54) is 25.9 Å². The monoisotopic (exact) mass is 223 g/mol. The van der Waals surface area contributed by atoms with Gasteiger partial charge in [0.05, 0.1) is 12.5 Å². The first-order chi connectivity index (χ1) is 7.72. The van der Waals surface area contributed by atoms with E-state index in [1.54, 1.807) is 0 Å². The van der Waals surface area contributed by atoms with Crippen LogP contribution in [-0.4, -0.2) is 48.4 Å². The minimum atomic E-state index is -0.293. The summed E-state index contributed by atoms with van der Waals surface area (Å²) < 4.78 is 0. The smallest absolute Gasteiger partial charge is 0.244 e. The molecule has 5 nitrogen and oxygen atoms in total. The number of fused-ring (bicyclic) bond motifs is 3. The lowest BCUT2D eigenvalue weighted by atomic mass is 9.83. The Hall–Kier alpha value is -0.940. The van der Waals surface area contributed by atoms with E-state index in [0.29, 0.717) is 18.4 Å². The summed E-state index contributed by atoms with van der Waals surface area (Å²) in [6, 6.07) is 0.0993. The Bertz CT molecular complexity index is 323. The van der Waals surface area contributed by atoms with Crippen LogP contribution >= 0.6 is 0 Å². The van der Waals surface area contributed by atoms with E-state index in [1.807, 2.05) is 0 Å². The summed E-state index contributed by atoms with van der Waals surface area (Å²) in [5, 5.41) is 5.70. The van der Waals surface area contributed by atoms with Crippen molar-refractivity contribution >= 4 is 11.8 Å². The minimum Gasteiger partial charge on any atom is -0.302 e. The molecule has 4 heterocycles. The highest BCUT2D eigenvalue weighted by molar-refractivity contribution is 6.05. The van der Waals surface area contributed by atoms with Gasteiger partial charge in [-0.15, -0.1) is 0 Å². The van der Waals surface area contributed by atoms with Gasteiger partial charge in [-0.3, -0.25) is 14.9 Å². The zero-order valence-corrected chi connectivity index (χ0v) is 9.24. The molecule has 0 radical (unpaired) electrons. The molecule has 4 saturated heterocycles. The normalized spacial score (nSPS) is 42.5. The molecule has 2 atom stereocenters. The molecule has 2 bridgehead atoms. The SMILES string of the molecule is O=C1CC(NC2CN3CCC2CC3)C(=O)N1. The summed E-state index contributed by atoms with van der Waals surface area (Å²) in [7, 11) is 0. The molecule has 2 N–H and O–H groups in total. The number of nitrogens with one attached hydrogen (secondary N) is 2. The fourth-order valence-electron chi connectivity index (χ4n) is 3.10. The van der Waals surface area contributed by atoms with Crippen molar-refractivity contribution < 1.29 is 9.59 Å². The van der Waals surface area contributed by atoms with Crippen molar-refractivity contribution in [3.8, 4) is 0 Å². The molecule has 0 saturated carbocycles. The molecule has 2 amide bonds. The van der Waals surface area contributed by atoms with E-state index in [2.05, 4.69) is 15.5 Å². The Balaban J connectivity index is 1.62. The number of hydrogen-bond donors (Lipinski definition) is 2. The van der Waals surface area contributed by atoms with Crippen LogP contribution in [0.2, 0.25) is 0 Å². The van der Waals surface area contributed by atoms with Gasteiger partial charge in [-0.05, 0) is 31.8 Å². The molecule has 4 rings (SSSR count). The fourth-order valence-corrected chi connectivity index (χ4v) is 3.10. The second-order valence-electron chi connectivity index (χ2n) is 5.08. The third-order valence-corrected chi connectivity index (χ3v) is 4.04. The van der Waals surface area contributed by atoms with Crippen LogP contribution in [0.25, 0.3) is 0 Å². The molecular weight excluding hydrogens is 206 g/mol. The van der Waals surface area contributed by atoms with Crippen LogP contribution in [-0.2, 0) is 9.59 Å². The third-order valence-electron chi connectivity index (χ3n) is 4.04. The molecule has 0 aromatic carbocycles. The van der Waals surface area contributed by atoms with E-state index in [9.17, 15) is 9.59 Å². The van der Waals surface area contributed by atoms with Gasteiger partial charge in [0.1, 0.15) is 0 Å². The van der Waals surface area contributed by atoms with Crippen LogP contribution in [0.5, 0.6) is 0 Å². The molecule has 88 valence electrons. The van der Waals surface area contributed by atoms with Crippen LogP contribution in [0, 0.1) is 5.92 Å². The zero-order valence-electron chi connectivity index (χ0n) is 9.24. The first kappa shape index (κ1) is 10.2. The maximum atomic E-state index is 11.5. The molecule has 4 aliphatic rings. The van der Waals surface area contributed by atoms with Gasteiger partial charge in [-0.2, -0.15) is 0 Å². The lowest BCUT2D eigenvalue weighted by Gasteiger charge is -2.45. The molecular formula is C11H17N3O2. The van der Waals surface area contributed by atoms with Gasteiger partial charge in [-0.25, -0.2) is 0 Å². The molecule has 0 spiro atoms. The van der Waals surface area contributed by atoms with Crippen LogP contribution in [0.4, 0.5) is 0 Å². The average Bonchev–Trinajstić information content (AvgIpc) is 2.59. The fraction of sp³-hybridized carbons (Fsp3) is 0.818. The highest BCUT2D eigenvalue weighted by atomic mass is 16.2. The van der Waals surface area contributed by atoms with Gasteiger partial charge in [-0.1, -0.05) is 0 Å². The number of rotatable bonds is 2. The summed E-state index contributed by atoms with van der Waals surface area (Å²) in [5.74, 6) is 0.388. The number of hydrogen-bond acceptors (Lipinski definition) is 4. The van der Waals surface area contributed by atoms with Gasteiger partial charge in [0.25, 0.3) is 0 Å². The van der Waals surface area contributed by atoms with Gasteiger partial charge < -0.3 is 10.2 Å². The Morgan fingerprint density at radius 2 is 2.00 bits per heavy atom. The van der Waals surface area contributed by atoms with Crippen LogP contribution < -0.4 is 10.6 Å². The Kier molecular flexibility index (Phi) is 2.44. The van der Waals surface area contributed by atoms with Crippen molar-refractivity contribution in [2.45, 2.75) is 31.3 Å². The lowest BCUT2D eigenvalue weighted by molar-refractivity contribution is -0.125. The van der Waals surface area contributed by atoms with Crippen LogP contribution in [0.1, 0.15) is 19.3 Å². The predicted molar refractivity (Wildman–Crippen MR) is 57.6 cm³/mol. The largest absolute Gasteiger partial charge is 0.302 e. The van der Waals surface area contributed by atoms with Crippen molar-refractivity contribution in [3.05, 3.63) is 0 Å². The molecule has 2 unspecified atom stereocenters. The number of amides is 2. The van der Waals surface area contributed by atoms with Crippen molar-refractivity contribution in [2.75, 3.05) is 19.6 Å². The molecule has 16 heavy (non-hydrogen) atoms. The van der Waals surface area contributed by atoms with Gasteiger partial charge in [0, 0.05) is 12.6 Å². The van der Waals surface area contributed by atoms with Gasteiger partial charge >= 0.3 is 0 Å². The molecule has 0 aromatic rings. The van der Waals surface area contributed by atoms with Crippen LogP contribution in [0.3, 0.4) is 0 Å². The van der Waals surface area contributed by atoms with E-state index in [-0.39, 0.29) is 17.9 Å². The molecule has 0 aromatic heterocycles. The Morgan fingerprint density at radius 3 is 2.50 bits per heavy atom. The number of piperidine rings is 3. The standard InChI is InChI=1S/C11H17N3O2/c15-10-5-8(11(16)13-10)12-9-6-14-3-1-7(9)2-4-14/h7-9,12H,1-6H2,(H,13,15,16). The lowest BCUT2D eigenvalue weighted by Crippen LogP contribution is -2.58. The average molecular weight is 223 g/mol. The number of imide groups is 1. The topological polar surface area (TPSA) is 61.4 Å². The van der Waals surface area contributed by atoms with E-state index < -0.39 is 0 Å². The minimum absolute atomic E-state index is 0.149. The predicted octanol–water partition coefficient (Wildman–Crippen LogP) is -0.915. The van der Waals surface area contributed by atoms with Crippen molar-refractivity contribution in [1.82, 2.24) is 15.5 Å². The first-order valence-electron chi connectivity index (χ1n) is 6.04. The summed E-state index contributed by atoms with van der Waals surface area (Å²) in [6.07, 6.45) is 2.75. The van der Waals surface area contributed by atoms with Crippen molar-refractivity contribution in [1.29, 1.82) is 0 Å². The highest BCUT2D eigenvalue weighted by Crippen LogP contribution is 2.28. The first-order valence-corrected chi connectivity index (χ1v) is 6.04. The highest BCUT2D eigenvalue weighted by Gasteiger charge is 2.38. The van der Waals surface area contributed by atoms with E-state index >= 15 is 0 Å². The van der Waals surface area contributed by atoms with Gasteiger partial charge in [0.15, 0.2) is 0 Å². The maximum Gasteiger partial charge on any atom is 0.244 e. The van der Waals surface area contributed by atoms with Crippen LogP contribution in [0.15, 0.2) is 0 Å². The van der Waals surface area contributed by atoms with E-state index in [0.717, 1.165) is 6.54 Å². The van der Waals surface area contributed by atoms with Crippen molar-refractivity contribution in [2.24, 2.45) is 5.92 Å². The third kappa shape index (κ3) is 1.74. The van der Waals surface area contributed by atoms with Gasteiger partial charge in [0.2, 0.25) is 11.8 Å². The Morgan fingerprint density at radius 1 is 1.25 bits per heavy atom. The second-order valence-corrected chi connectivity index (χ2v) is 5.08. The van der Waals surface area contributed by atoms with Crippen molar-refractivity contribution in [3.63, 3.8) is 0 Å². The number of carbonyl (C=O) groups is 2.